The molecule has 0 spiro atoms. The molecule has 0 aromatic heterocycles. The molecule has 1 aromatic carbocycles. The van der Waals surface area contributed by atoms with Crippen LogP contribution in [0.25, 0.3) is 0 Å². The monoisotopic (exact) mass is 312 g/mol. The van der Waals surface area contributed by atoms with Crippen LogP contribution in [0, 0.1) is 5.92 Å². The number of nitrogen functional groups attached to an aromatic ring is 1. The highest BCUT2D eigenvalue weighted by atomic mass is 32.2. The van der Waals surface area contributed by atoms with Crippen molar-refractivity contribution >= 4 is 21.7 Å². The Morgan fingerprint density at radius 1 is 1.38 bits per heavy atom. The molecule has 1 atom stereocenters. The first-order chi connectivity index (χ1) is 9.92. The van der Waals surface area contributed by atoms with Crippen LogP contribution in [0.5, 0.6) is 0 Å². The number of nitrogens with zero attached hydrogens (tertiary/aromatic N) is 1. The highest BCUT2D eigenvalue weighted by Crippen LogP contribution is 2.22. The summed E-state index contributed by atoms with van der Waals surface area (Å²) in [7, 11) is -2.12. The molecule has 7 heteroatoms. The molecule has 2 N–H and O–H groups in total. The van der Waals surface area contributed by atoms with Gasteiger partial charge in [-0.05, 0) is 30.5 Å². The molecule has 2 rings (SSSR count). The summed E-state index contributed by atoms with van der Waals surface area (Å²) >= 11 is 0. The second kappa shape index (κ2) is 6.44. The minimum absolute atomic E-state index is 0.0822. The molecule has 1 fully saturated rings. The van der Waals surface area contributed by atoms with Gasteiger partial charge in [-0.15, -0.1) is 0 Å². The van der Waals surface area contributed by atoms with Gasteiger partial charge in [0.05, 0.1) is 18.8 Å². The summed E-state index contributed by atoms with van der Waals surface area (Å²) in [6.07, 6.45) is 1.33. The first-order valence-electron chi connectivity index (χ1n) is 6.82. The summed E-state index contributed by atoms with van der Waals surface area (Å²) in [5.41, 5.74) is 6.87. The molecule has 1 heterocycles. The summed E-state index contributed by atoms with van der Waals surface area (Å²) in [4.78, 5) is 11.6. The topological polar surface area (TPSA) is 89.7 Å². The quantitative estimate of drug-likeness (QED) is 0.661. The molecule has 21 heavy (non-hydrogen) atoms. The summed E-state index contributed by atoms with van der Waals surface area (Å²) in [5.74, 6) is -0.798. The lowest BCUT2D eigenvalue weighted by Gasteiger charge is -2.30. The maximum absolute atomic E-state index is 12.4. The van der Waals surface area contributed by atoms with Crippen LogP contribution in [0.3, 0.4) is 0 Å². The van der Waals surface area contributed by atoms with E-state index in [1.54, 1.807) is 24.3 Å². The Labute approximate surface area is 124 Å². The van der Waals surface area contributed by atoms with Crippen LogP contribution in [-0.4, -0.2) is 38.9 Å². The van der Waals surface area contributed by atoms with E-state index in [9.17, 15) is 13.2 Å². The van der Waals surface area contributed by atoms with Crippen molar-refractivity contribution < 1.29 is 17.9 Å². The van der Waals surface area contributed by atoms with Gasteiger partial charge in [0.1, 0.15) is 0 Å². The van der Waals surface area contributed by atoms with Crippen LogP contribution in [0.4, 0.5) is 5.69 Å². The molecular weight excluding hydrogens is 292 g/mol. The fourth-order valence-corrected chi connectivity index (χ4v) is 4.08. The third kappa shape index (κ3) is 3.95. The van der Waals surface area contributed by atoms with Crippen molar-refractivity contribution in [3.63, 3.8) is 0 Å². The van der Waals surface area contributed by atoms with Gasteiger partial charge in [0, 0.05) is 18.8 Å². The van der Waals surface area contributed by atoms with Crippen molar-refractivity contribution in [2.45, 2.75) is 18.6 Å². The SMILES string of the molecule is COC(=O)C1CCCN(S(=O)(=O)Cc2ccc(N)cc2)C1. The average molecular weight is 312 g/mol. The standard InChI is InChI=1S/C14H20N2O4S/c1-20-14(17)12-3-2-8-16(9-12)21(18,19)10-11-4-6-13(15)7-5-11/h4-7,12H,2-3,8-10,15H2,1H3. The largest absolute Gasteiger partial charge is 0.469 e. The number of hydrogen-bond acceptors (Lipinski definition) is 5. The summed E-state index contributed by atoms with van der Waals surface area (Å²) in [6.45, 7) is 0.648. The smallest absolute Gasteiger partial charge is 0.309 e. The lowest BCUT2D eigenvalue weighted by atomic mass is 10.0. The van der Waals surface area contributed by atoms with Crippen molar-refractivity contribution in [2.75, 3.05) is 25.9 Å². The summed E-state index contributed by atoms with van der Waals surface area (Å²) in [6, 6.07) is 6.76. The molecule has 0 aliphatic carbocycles. The van der Waals surface area contributed by atoms with Crippen molar-refractivity contribution in [3.05, 3.63) is 29.8 Å². The Morgan fingerprint density at radius 2 is 2.05 bits per heavy atom. The first kappa shape index (κ1) is 15.8. The van der Waals surface area contributed by atoms with Gasteiger partial charge in [0.15, 0.2) is 0 Å². The Hall–Kier alpha value is -1.60. The molecule has 0 radical (unpaired) electrons. The lowest BCUT2D eigenvalue weighted by molar-refractivity contribution is -0.146. The number of piperidine rings is 1. The van der Waals surface area contributed by atoms with Gasteiger partial charge in [-0.1, -0.05) is 12.1 Å². The fraction of sp³-hybridized carbons (Fsp3) is 0.500. The number of hydrogen-bond donors (Lipinski definition) is 1. The zero-order chi connectivity index (χ0) is 15.5. The van der Waals surface area contributed by atoms with Crippen molar-refractivity contribution in [1.29, 1.82) is 0 Å². The number of carbonyl (C=O) groups is 1. The van der Waals surface area contributed by atoms with Gasteiger partial charge in [0.2, 0.25) is 10.0 Å². The Kier molecular flexibility index (Phi) is 4.84. The van der Waals surface area contributed by atoms with E-state index >= 15 is 0 Å². The molecule has 1 aliphatic heterocycles. The van der Waals surface area contributed by atoms with Crippen molar-refractivity contribution in [3.8, 4) is 0 Å². The number of esters is 1. The zero-order valence-corrected chi connectivity index (χ0v) is 12.8. The van der Waals surface area contributed by atoms with Crippen LogP contribution >= 0.6 is 0 Å². The minimum atomic E-state index is -3.44. The second-order valence-corrected chi connectivity index (χ2v) is 7.19. The van der Waals surface area contributed by atoms with Gasteiger partial charge in [0.25, 0.3) is 0 Å². The minimum Gasteiger partial charge on any atom is -0.469 e. The number of sulfonamides is 1. The number of ether oxygens (including phenoxy) is 1. The Bertz CT molecular complexity index is 598. The van der Waals surface area contributed by atoms with Crippen LogP contribution < -0.4 is 5.73 Å². The van der Waals surface area contributed by atoms with Crippen LogP contribution in [-0.2, 0) is 25.3 Å². The second-order valence-electron chi connectivity index (χ2n) is 5.22. The van der Waals surface area contributed by atoms with Gasteiger partial charge >= 0.3 is 5.97 Å². The van der Waals surface area contributed by atoms with E-state index in [4.69, 9.17) is 10.5 Å². The fourth-order valence-electron chi connectivity index (χ4n) is 2.47. The normalized spacial score (nSPS) is 20.1. The van der Waals surface area contributed by atoms with Gasteiger partial charge < -0.3 is 10.5 Å². The Morgan fingerprint density at radius 3 is 2.67 bits per heavy atom. The number of rotatable bonds is 4. The van der Waals surface area contributed by atoms with E-state index in [1.165, 1.54) is 11.4 Å². The number of benzene rings is 1. The predicted octanol–water partition coefficient (Wildman–Crippen LogP) is 0.984. The number of nitrogens with two attached hydrogens (primary N) is 1. The summed E-state index contributed by atoms with van der Waals surface area (Å²) in [5, 5.41) is 0. The zero-order valence-electron chi connectivity index (χ0n) is 12.0. The van der Waals surface area contributed by atoms with Crippen LogP contribution in [0.1, 0.15) is 18.4 Å². The average Bonchev–Trinajstić information content (AvgIpc) is 2.49. The van der Waals surface area contributed by atoms with E-state index in [-0.39, 0.29) is 24.2 Å². The molecule has 0 saturated carbocycles. The molecule has 0 amide bonds. The molecule has 1 aromatic rings. The van der Waals surface area contributed by atoms with E-state index < -0.39 is 10.0 Å². The highest BCUT2D eigenvalue weighted by molar-refractivity contribution is 7.88. The first-order valence-corrected chi connectivity index (χ1v) is 8.43. The molecule has 0 bridgehead atoms. The summed E-state index contributed by atoms with van der Waals surface area (Å²) < 4.78 is 31.0. The van der Waals surface area contributed by atoms with E-state index in [0.717, 1.165) is 0 Å². The van der Waals surface area contributed by atoms with Crippen LogP contribution in [0.15, 0.2) is 24.3 Å². The van der Waals surface area contributed by atoms with Gasteiger partial charge in [-0.3, -0.25) is 4.79 Å². The molecule has 1 aliphatic rings. The van der Waals surface area contributed by atoms with Crippen LogP contribution in [0.2, 0.25) is 0 Å². The molecule has 1 saturated heterocycles. The van der Waals surface area contributed by atoms with Gasteiger partial charge in [-0.2, -0.15) is 0 Å². The van der Waals surface area contributed by atoms with E-state index in [0.29, 0.717) is 30.6 Å². The molecular formula is C14H20N2O4S. The Balaban J connectivity index is 2.08. The number of methoxy groups -OCH3 is 1. The van der Waals surface area contributed by atoms with Gasteiger partial charge in [-0.25, -0.2) is 12.7 Å². The third-order valence-corrected chi connectivity index (χ3v) is 5.46. The molecule has 116 valence electrons. The maximum Gasteiger partial charge on any atom is 0.309 e. The van der Waals surface area contributed by atoms with Crippen molar-refractivity contribution in [1.82, 2.24) is 4.31 Å². The molecule has 6 nitrogen and oxygen atoms in total. The van der Waals surface area contributed by atoms with Crippen molar-refractivity contribution in [2.24, 2.45) is 5.92 Å². The maximum atomic E-state index is 12.4. The number of anilines is 1. The molecule has 1 unspecified atom stereocenters. The lowest BCUT2D eigenvalue weighted by Crippen LogP contribution is -2.43. The highest BCUT2D eigenvalue weighted by Gasteiger charge is 2.32. The predicted molar refractivity (Wildman–Crippen MR) is 79.8 cm³/mol. The third-order valence-electron chi connectivity index (χ3n) is 3.64. The van der Waals surface area contributed by atoms with E-state index in [2.05, 4.69) is 0 Å². The van der Waals surface area contributed by atoms with E-state index in [1.807, 2.05) is 0 Å². The number of carbonyl (C=O) groups excluding carboxylic acids is 1.